The molecule has 2 aromatic rings. The molecule has 0 fully saturated rings. The van der Waals surface area contributed by atoms with E-state index in [0.29, 0.717) is 12.1 Å². The monoisotopic (exact) mass is 362 g/mol. The highest BCUT2D eigenvalue weighted by molar-refractivity contribution is 9.10. The summed E-state index contributed by atoms with van der Waals surface area (Å²) in [5.74, 6) is -0.248. The molecule has 0 aliphatic rings. The van der Waals surface area contributed by atoms with Gasteiger partial charge >= 0.3 is 0 Å². The summed E-state index contributed by atoms with van der Waals surface area (Å²) in [6, 6.07) is 11.2. The molecule has 0 heterocycles. The van der Waals surface area contributed by atoms with Gasteiger partial charge in [0.15, 0.2) is 0 Å². The molecule has 0 aliphatic carbocycles. The maximum absolute atomic E-state index is 13.9. The Kier molecular flexibility index (Phi) is 5.72. The van der Waals surface area contributed by atoms with Crippen molar-refractivity contribution < 1.29 is 4.39 Å². The van der Waals surface area contributed by atoms with Crippen LogP contribution in [-0.4, -0.2) is 24.8 Å². The quantitative estimate of drug-likeness (QED) is 0.533. The van der Waals surface area contributed by atoms with Crippen LogP contribution in [0, 0.1) is 12.7 Å². The van der Waals surface area contributed by atoms with Crippen LogP contribution in [0.15, 0.2) is 45.9 Å². The largest absolute Gasteiger partial charge is 0.366 e. The first kappa shape index (κ1) is 16.7. The maximum atomic E-state index is 13.9. The lowest BCUT2D eigenvalue weighted by atomic mass is 9.99. The topological polar surface area (TPSA) is 15.6 Å². The van der Waals surface area contributed by atoms with Crippen molar-refractivity contribution in [1.82, 2.24) is 4.90 Å². The SMILES string of the molecule is CCN(C)C=Nc1cc(F)cc(Cc2cccc(Br)c2)c1C. The smallest absolute Gasteiger partial charge is 0.125 e. The second-order valence-electron chi connectivity index (χ2n) is 5.33. The van der Waals surface area contributed by atoms with Crippen molar-refractivity contribution in [3.63, 3.8) is 0 Å². The Morgan fingerprint density at radius 1 is 1.27 bits per heavy atom. The van der Waals surface area contributed by atoms with Gasteiger partial charge in [-0.2, -0.15) is 0 Å². The fourth-order valence-electron chi connectivity index (χ4n) is 2.15. The number of hydrogen-bond donors (Lipinski definition) is 0. The molecule has 0 radical (unpaired) electrons. The fraction of sp³-hybridized carbons (Fsp3) is 0.278. The van der Waals surface area contributed by atoms with E-state index in [1.165, 1.54) is 6.07 Å². The molecule has 116 valence electrons. The molecule has 0 aliphatic heterocycles. The Hall–Kier alpha value is -1.68. The van der Waals surface area contributed by atoms with Crippen LogP contribution < -0.4 is 0 Å². The van der Waals surface area contributed by atoms with Crippen LogP contribution in [0.4, 0.5) is 10.1 Å². The minimum Gasteiger partial charge on any atom is -0.366 e. The molecule has 2 aromatic carbocycles. The second-order valence-corrected chi connectivity index (χ2v) is 6.25. The van der Waals surface area contributed by atoms with Gasteiger partial charge in [-0.1, -0.05) is 28.1 Å². The van der Waals surface area contributed by atoms with Crippen molar-refractivity contribution in [2.24, 2.45) is 4.99 Å². The first-order valence-electron chi connectivity index (χ1n) is 7.27. The molecule has 0 spiro atoms. The average Bonchev–Trinajstić information content (AvgIpc) is 2.48. The molecular formula is C18H20BrFN2. The van der Waals surface area contributed by atoms with Crippen molar-refractivity contribution in [2.75, 3.05) is 13.6 Å². The van der Waals surface area contributed by atoms with Crippen LogP contribution in [0.2, 0.25) is 0 Å². The maximum Gasteiger partial charge on any atom is 0.125 e. The molecule has 0 bridgehead atoms. The zero-order valence-electron chi connectivity index (χ0n) is 13.1. The number of nitrogens with zero attached hydrogens (tertiary/aromatic N) is 2. The van der Waals surface area contributed by atoms with Gasteiger partial charge in [0.1, 0.15) is 5.82 Å². The normalized spacial score (nSPS) is 11.1. The van der Waals surface area contributed by atoms with E-state index in [-0.39, 0.29) is 5.82 Å². The van der Waals surface area contributed by atoms with Crippen LogP contribution >= 0.6 is 15.9 Å². The third-order valence-electron chi connectivity index (χ3n) is 3.63. The molecule has 4 heteroatoms. The lowest BCUT2D eigenvalue weighted by Gasteiger charge is -2.12. The summed E-state index contributed by atoms with van der Waals surface area (Å²) in [4.78, 5) is 6.37. The lowest BCUT2D eigenvalue weighted by Crippen LogP contribution is -2.14. The van der Waals surface area contributed by atoms with Gasteiger partial charge in [-0.15, -0.1) is 0 Å². The van der Waals surface area contributed by atoms with Gasteiger partial charge in [-0.25, -0.2) is 9.38 Å². The van der Waals surface area contributed by atoms with Crippen LogP contribution in [-0.2, 0) is 6.42 Å². The summed E-state index contributed by atoms with van der Waals surface area (Å²) in [5, 5.41) is 0. The van der Waals surface area contributed by atoms with Gasteiger partial charge in [-0.3, -0.25) is 0 Å². The van der Waals surface area contributed by atoms with Crippen molar-refractivity contribution in [2.45, 2.75) is 20.3 Å². The van der Waals surface area contributed by atoms with E-state index in [4.69, 9.17) is 0 Å². The molecule has 0 aromatic heterocycles. The molecule has 0 N–H and O–H groups in total. The van der Waals surface area contributed by atoms with Crippen LogP contribution in [0.1, 0.15) is 23.6 Å². The Labute approximate surface area is 139 Å². The van der Waals surface area contributed by atoms with E-state index in [1.807, 2.05) is 44.0 Å². The predicted molar refractivity (Wildman–Crippen MR) is 94.5 cm³/mol. The van der Waals surface area contributed by atoms with E-state index >= 15 is 0 Å². The molecule has 0 saturated heterocycles. The number of benzene rings is 2. The number of halogens is 2. The highest BCUT2D eigenvalue weighted by Gasteiger charge is 2.08. The average molecular weight is 363 g/mol. The highest BCUT2D eigenvalue weighted by Crippen LogP contribution is 2.26. The van der Waals surface area contributed by atoms with Crippen LogP contribution in [0.3, 0.4) is 0 Å². The first-order valence-corrected chi connectivity index (χ1v) is 8.06. The number of aliphatic imine (C=N–C) groups is 1. The molecule has 22 heavy (non-hydrogen) atoms. The van der Waals surface area contributed by atoms with Gasteiger partial charge in [0, 0.05) is 18.1 Å². The molecule has 0 unspecified atom stereocenters. The molecule has 0 saturated carbocycles. The summed E-state index contributed by atoms with van der Waals surface area (Å²) < 4.78 is 14.9. The third kappa shape index (κ3) is 4.41. The summed E-state index contributed by atoms with van der Waals surface area (Å²) in [5.41, 5.74) is 3.81. The first-order chi connectivity index (χ1) is 10.5. The van der Waals surface area contributed by atoms with Crippen molar-refractivity contribution in [3.05, 3.63) is 63.4 Å². The van der Waals surface area contributed by atoms with Gasteiger partial charge in [0.05, 0.1) is 12.0 Å². The van der Waals surface area contributed by atoms with Gasteiger partial charge in [0.2, 0.25) is 0 Å². The van der Waals surface area contributed by atoms with Crippen molar-refractivity contribution in [1.29, 1.82) is 0 Å². The van der Waals surface area contributed by atoms with Crippen LogP contribution in [0.25, 0.3) is 0 Å². The minimum absolute atomic E-state index is 0.248. The minimum atomic E-state index is -0.248. The van der Waals surface area contributed by atoms with Crippen molar-refractivity contribution >= 4 is 28.0 Å². The standard InChI is InChI=1S/C18H20BrFN2/c1-4-22(3)12-21-18-11-17(20)10-15(13(18)2)8-14-6-5-7-16(19)9-14/h5-7,9-12H,4,8H2,1-3H3. The molecule has 0 atom stereocenters. The summed E-state index contributed by atoms with van der Waals surface area (Å²) >= 11 is 3.47. The summed E-state index contributed by atoms with van der Waals surface area (Å²) in [6.07, 6.45) is 2.43. The Balaban J connectivity index is 2.32. The third-order valence-corrected chi connectivity index (χ3v) is 4.12. The van der Waals surface area contributed by atoms with Gasteiger partial charge in [-0.05, 0) is 61.2 Å². The Morgan fingerprint density at radius 2 is 2.05 bits per heavy atom. The van der Waals surface area contributed by atoms with Crippen molar-refractivity contribution in [3.8, 4) is 0 Å². The number of hydrogen-bond acceptors (Lipinski definition) is 1. The van der Waals surface area contributed by atoms with E-state index in [2.05, 4.69) is 27.0 Å². The molecular weight excluding hydrogens is 343 g/mol. The second kappa shape index (κ2) is 7.54. The van der Waals surface area contributed by atoms with E-state index < -0.39 is 0 Å². The molecule has 2 nitrogen and oxygen atoms in total. The summed E-state index contributed by atoms with van der Waals surface area (Å²) in [6.45, 7) is 4.90. The fourth-order valence-corrected chi connectivity index (χ4v) is 2.59. The van der Waals surface area contributed by atoms with E-state index in [9.17, 15) is 4.39 Å². The van der Waals surface area contributed by atoms with Crippen LogP contribution in [0.5, 0.6) is 0 Å². The van der Waals surface area contributed by atoms with E-state index in [0.717, 1.165) is 27.7 Å². The highest BCUT2D eigenvalue weighted by atomic mass is 79.9. The van der Waals surface area contributed by atoms with Gasteiger partial charge < -0.3 is 4.90 Å². The Morgan fingerprint density at radius 3 is 2.73 bits per heavy atom. The Bertz CT molecular complexity index is 683. The summed E-state index contributed by atoms with van der Waals surface area (Å²) in [7, 11) is 1.94. The zero-order chi connectivity index (χ0) is 16.1. The zero-order valence-corrected chi connectivity index (χ0v) is 14.7. The molecule has 0 amide bonds. The lowest BCUT2D eigenvalue weighted by molar-refractivity contribution is 0.552. The molecule has 2 rings (SSSR count). The van der Waals surface area contributed by atoms with Gasteiger partial charge in [0.25, 0.3) is 0 Å². The number of rotatable bonds is 5. The van der Waals surface area contributed by atoms with E-state index in [1.54, 1.807) is 12.4 Å². The predicted octanol–water partition coefficient (Wildman–Crippen LogP) is 5.10.